The van der Waals surface area contributed by atoms with Crippen LogP contribution >= 0.6 is 0 Å². The van der Waals surface area contributed by atoms with Crippen molar-refractivity contribution in [2.24, 2.45) is 5.92 Å². The van der Waals surface area contributed by atoms with E-state index in [1.165, 1.54) is 0 Å². The largest absolute Gasteiger partial charge is 0.353 e. The first-order valence-corrected chi connectivity index (χ1v) is 10.1. The summed E-state index contributed by atoms with van der Waals surface area (Å²) in [6.45, 7) is 9.68. The van der Waals surface area contributed by atoms with Crippen molar-refractivity contribution in [1.29, 1.82) is 0 Å². The van der Waals surface area contributed by atoms with Gasteiger partial charge in [-0.05, 0) is 52.2 Å². The van der Waals surface area contributed by atoms with E-state index in [1.54, 1.807) is 4.90 Å². The highest BCUT2D eigenvalue weighted by Gasteiger charge is 2.40. The molecule has 2 fully saturated rings. The summed E-state index contributed by atoms with van der Waals surface area (Å²) in [5.41, 5.74) is 1.47. The van der Waals surface area contributed by atoms with E-state index in [-0.39, 0.29) is 41.6 Å². The molecule has 0 saturated carbocycles. The van der Waals surface area contributed by atoms with E-state index in [4.69, 9.17) is 0 Å². The number of carbonyl (C=O) groups is 3. The molecule has 0 spiro atoms. The van der Waals surface area contributed by atoms with E-state index in [9.17, 15) is 14.4 Å². The van der Waals surface area contributed by atoms with Gasteiger partial charge >= 0.3 is 0 Å². The molecule has 0 bridgehead atoms. The van der Waals surface area contributed by atoms with Gasteiger partial charge in [-0.25, -0.2) is 0 Å². The van der Waals surface area contributed by atoms with Gasteiger partial charge < -0.3 is 15.1 Å². The predicted octanol–water partition coefficient (Wildman–Crippen LogP) is 2.36. The Hall–Kier alpha value is -2.37. The molecule has 0 aromatic heterocycles. The van der Waals surface area contributed by atoms with E-state index < -0.39 is 0 Å². The molecule has 2 heterocycles. The third-order valence-corrected chi connectivity index (χ3v) is 5.81. The Morgan fingerprint density at radius 1 is 1.11 bits per heavy atom. The van der Waals surface area contributed by atoms with Gasteiger partial charge in [-0.15, -0.1) is 0 Å². The number of hydrogen-bond acceptors (Lipinski definition) is 3. The molecular weight excluding hydrogens is 354 g/mol. The highest BCUT2D eigenvalue weighted by atomic mass is 16.2. The molecule has 1 aromatic carbocycles. The molecule has 6 nitrogen and oxygen atoms in total. The molecule has 1 unspecified atom stereocenters. The topological polar surface area (TPSA) is 69.7 Å². The smallest absolute Gasteiger partial charge is 0.254 e. The second-order valence-electron chi connectivity index (χ2n) is 8.97. The molecule has 0 radical (unpaired) electrons. The molecule has 1 N–H and O–H groups in total. The average molecular weight is 386 g/mol. The van der Waals surface area contributed by atoms with E-state index in [0.29, 0.717) is 19.6 Å². The van der Waals surface area contributed by atoms with Gasteiger partial charge in [0.15, 0.2) is 0 Å². The lowest BCUT2D eigenvalue weighted by Gasteiger charge is -2.33. The number of benzene rings is 1. The molecule has 0 aliphatic carbocycles. The fourth-order valence-electron chi connectivity index (χ4n) is 4.06. The van der Waals surface area contributed by atoms with Crippen molar-refractivity contribution in [2.75, 3.05) is 19.6 Å². The number of likely N-dealkylation sites (tertiary alicyclic amines) is 2. The van der Waals surface area contributed by atoms with Crippen molar-refractivity contribution in [3.8, 4) is 0 Å². The van der Waals surface area contributed by atoms with Crippen LogP contribution in [-0.2, 0) is 9.59 Å². The van der Waals surface area contributed by atoms with Crippen molar-refractivity contribution in [3.05, 3.63) is 35.4 Å². The predicted molar refractivity (Wildman–Crippen MR) is 108 cm³/mol. The molecule has 2 aliphatic heterocycles. The maximum Gasteiger partial charge on any atom is 0.254 e. The second kappa shape index (κ2) is 7.94. The number of nitrogens with one attached hydrogen (secondary N) is 1. The van der Waals surface area contributed by atoms with E-state index in [0.717, 1.165) is 24.0 Å². The molecule has 3 amide bonds. The van der Waals surface area contributed by atoms with Crippen LogP contribution in [0.2, 0.25) is 0 Å². The van der Waals surface area contributed by atoms with Gasteiger partial charge in [-0.1, -0.05) is 18.2 Å². The fraction of sp³-hybridized carbons (Fsp3) is 0.591. The lowest BCUT2D eigenvalue weighted by Crippen LogP contribution is -2.48. The van der Waals surface area contributed by atoms with Crippen LogP contribution in [0, 0.1) is 12.8 Å². The maximum absolute atomic E-state index is 12.7. The molecule has 1 atom stereocenters. The van der Waals surface area contributed by atoms with E-state index in [1.807, 2.05) is 56.9 Å². The number of rotatable bonds is 3. The van der Waals surface area contributed by atoms with Crippen LogP contribution in [0.3, 0.4) is 0 Å². The van der Waals surface area contributed by atoms with Gasteiger partial charge in [0.2, 0.25) is 11.8 Å². The molecule has 6 heteroatoms. The van der Waals surface area contributed by atoms with Crippen LogP contribution in [0.4, 0.5) is 0 Å². The Labute approximate surface area is 167 Å². The summed E-state index contributed by atoms with van der Waals surface area (Å²) in [4.78, 5) is 41.2. The zero-order chi connectivity index (χ0) is 20.5. The monoisotopic (exact) mass is 385 g/mol. The molecule has 2 aliphatic rings. The van der Waals surface area contributed by atoms with Crippen LogP contribution in [0.1, 0.15) is 56.0 Å². The summed E-state index contributed by atoms with van der Waals surface area (Å²) in [6, 6.07) is 7.69. The zero-order valence-electron chi connectivity index (χ0n) is 17.3. The second-order valence-corrected chi connectivity index (χ2v) is 8.97. The summed E-state index contributed by atoms with van der Waals surface area (Å²) in [6.07, 6.45) is 1.77. The summed E-state index contributed by atoms with van der Waals surface area (Å²) < 4.78 is 0. The summed E-state index contributed by atoms with van der Waals surface area (Å²) >= 11 is 0. The van der Waals surface area contributed by atoms with Crippen molar-refractivity contribution in [3.63, 3.8) is 0 Å². The SMILES string of the molecule is Cc1ccccc1C(=O)N1CCC(NC(=O)C2CC(=O)N(C(C)(C)C)C2)CC1. The number of nitrogens with zero attached hydrogens (tertiary/aromatic N) is 2. The quantitative estimate of drug-likeness (QED) is 0.868. The Morgan fingerprint density at radius 3 is 2.32 bits per heavy atom. The maximum atomic E-state index is 12.7. The summed E-state index contributed by atoms with van der Waals surface area (Å²) in [5, 5.41) is 3.11. The van der Waals surface area contributed by atoms with Gasteiger partial charge in [-0.3, -0.25) is 14.4 Å². The van der Waals surface area contributed by atoms with Crippen LogP contribution in [0.15, 0.2) is 24.3 Å². The van der Waals surface area contributed by atoms with Crippen molar-refractivity contribution >= 4 is 17.7 Å². The van der Waals surface area contributed by atoms with Crippen molar-refractivity contribution in [2.45, 2.75) is 58.5 Å². The Morgan fingerprint density at radius 2 is 1.75 bits per heavy atom. The highest BCUT2D eigenvalue weighted by molar-refractivity contribution is 5.95. The number of carbonyl (C=O) groups excluding carboxylic acids is 3. The van der Waals surface area contributed by atoms with Crippen LogP contribution in [0.25, 0.3) is 0 Å². The number of aryl methyl sites for hydroxylation is 1. The number of amides is 3. The van der Waals surface area contributed by atoms with Gasteiger partial charge in [0, 0.05) is 43.2 Å². The van der Waals surface area contributed by atoms with Crippen molar-refractivity contribution in [1.82, 2.24) is 15.1 Å². The van der Waals surface area contributed by atoms with Crippen LogP contribution in [-0.4, -0.2) is 58.7 Å². The Balaban J connectivity index is 1.51. The van der Waals surface area contributed by atoms with Gasteiger partial charge in [0.1, 0.15) is 0 Å². The van der Waals surface area contributed by atoms with Crippen LogP contribution in [0.5, 0.6) is 0 Å². The fourth-order valence-corrected chi connectivity index (χ4v) is 4.06. The molecular formula is C22H31N3O3. The molecule has 1 aromatic rings. The minimum absolute atomic E-state index is 0.0382. The van der Waals surface area contributed by atoms with Crippen molar-refractivity contribution < 1.29 is 14.4 Å². The third-order valence-electron chi connectivity index (χ3n) is 5.81. The number of hydrogen-bond donors (Lipinski definition) is 1. The lowest BCUT2D eigenvalue weighted by molar-refractivity contribution is -0.132. The number of piperidine rings is 1. The minimum Gasteiger partial charge on any atom is -0.353 e. The zero-order valence-corrected chi connectivity index (χ0v) is 17.3. The lowest BCUT2D eigenvalue weighted by atomic mass is 10.0. The minimum atomic E-state index is -0.279. The first-order valence-electron chi connectivity index (χ1n) is 10.1. The van der Waals surface area contributed by atoms with Gasteiger partial charge in [0.25, 0.3) is 5.91 Å². The molecule has 2 saturated heterocycles. The first-order chi connectivity index (χ1) is 13.2. The Kier molecular flexibility index (Phi) is 5.77. The highest BCUT2D eigenvalue weighted by Crippen LogP contribution is 2.26. The molecule has 3 rings (SSSR count). The Bertz CT molecular complexity index is 761. The average Bonchev–Trinajstić information content (AvgIpc) is 3.04. The van der Waals surface area contributed by atoms with Crippen LogP contribution < -0.4 is 5.32 Å². The molecule has 152 valence electrons. The third kappa shape index (κ3) is 4.37. The summed E-state index contributed by atoms with van der Waals surface area (Å²) in [5.74, 6) is -0.210. The first kappa shape index (κ1) is 20.4. The summed E-state index contributed by atoms with van der Waals surface area (Å²) in [7, 11) is 0. The van der Waals surface area contributed by atoms with Gasteiger partial charge in [-0.2, -0.15) is 0 Å². The van der Waals surface area contributed by atoms with Gasteiger partial charge in [0.05, 0.1) is 5.92 Å². The molecule has 28 heavy (non-hydrogen) atoms. The van der Waals surface area contributed by atoms with E-state index in [2.05, 4.69) is 5.32 Å². The standard InChI is InChI=1S/C22H31N3O3/c1-15-7-5-6-8-18(15)21(28)24-11-9-17(10-12-24)23-20(27)16-13-19(26)25(14-16)22(2,3)4/h5-8,16-17H,9-14H2,1-4H3,(H,23,27). The normalized spacial score (nSPS) is 21.1. The van der Waals surface area contributed by atoms with E-state index >= 15 is 0 Å².